The number of fused-ring (bicyclic) bond motifs is 1. The monoisotopic (exact) mass is 286 g/mol. The van der Waals surface area contributed by atoms with Crippen molar-refractivity contribution in [2.24, 2.45) is 0 Å². The lowest BCUT2D eigenvalue weighted by Gasteiger charge is -2.06. The number of aromatic amines is 1. The summed E-state index contributed by atoms with van der Waals surface area (Å²) in [6.07, 6.45) is 2.36. The molecule has 1 N–H and O–H groups in total. The van der Waals surface area contributed by atoms with E-state index in [2.05, 4.69) is 20.2 Å². The first-order chi connectivity index (χ1) is 9.31. The zero-order valence-electron chi connectivity index (χ0n) is 10.6. The van der Waals surface area contributed by atoms with Crippen LogP contribution in [0.4, 0.5) is 0 Å². The summed E-state index contributed by atoms with van der Waals surface area (Å²) in [7, 11) is 1.64. The molecule has 2 heterocycles. The van der Waals surface area contributed by atoms with Gasteiger partial charge in [-0.15, -0.1) is 0 Å². The van der Waals surface area contributed by atoms with Gasteiger partial charge in [-0.25, -0.2) is 0 Å². The topological polar surface area (TPSA) is 82.1 Å². The van der Waals surface area contributed by atoms with E-state index in [0.29, 0.717) is 43.3 Å². The van der Waals surface area contributed by atoms with Crippen LogP contribution in [0.1, 0.15) is 6.42 Å². The maximum absolute atomic E-state index is 5.79. The predicted molar refractivity (Wildman–Crippen MR) is 69.5 cm³/mol. The summed E-state index contributed by atoms with van der Waals surface area (Å²) in [5.74, 6) is 0.431. The number of nitrogens with one attached hydrogen (secondary N) is 1. The average molecular weight is 287 g/mol. The van der Waals surface area contributed by atoms with Crippen molar-refractivity contribution in [1.29, 1.82) is 0 Å². The van der Waals surface area contributed by atoms with Crippen LogP contribution in [0, 0.1) is 0 Å². The van der Waals surface area contributed by atoms with Crippen LogP contribution in [0.25, 0.3) is 11.0 Å². The molecule has 0 aromatic carbocycles. The summed E-state index contributed by atoms with van der Waals surface area (Å²) in [4.78, 5) is 8.02. The molecule has 19 heavy (non-hydrogen) atoms. The predicted octanol–water partition coefficient (Wildman–Crippen LogP) is 1.44. The molecule has 0 radical (unpaired) electrons. The Bertz CT molecular complexity index is 520. The van der Waals surface area contributed by atoms with Gasteiger partial charge in [0.1, 0.15) is 5.39 Å². The van der Waals surface area contributed by atoms with E-state index in [4.69, 9.17) is 25.8 Å². The molecule has 2 rings (SSSR count). The Morgan fingerprint density at radius 2 is 2.11 bits per heavy atom. The molecule has 0 atom stereocenters. The van der Waals surface area contributed by atoms with Gasteiger partial charge in [-0.05, 0) is 11.6 Å². The van der Waals surface area contributed by atoms with Crippen LogP contribution in [0.2, 0.25) is 5.28 Å². The zero-order valence-corrected chi connectivity index (χ0v) is 11.3. The number of ether oxygens (including phenoxy) is 3. The molecule has 0 bridgehead atoms. The Morgan fingerprint density at radius 1 is 1.21 bits per heavy atom. The maximum Gasteiger partial charge on any atom is 0.229 e. The van der Waals surface area contributed by atoms with Crippen LogP contribution in [0.15, 0.2) is 6.20 Å². The van der Waals surface area contributed by atoms with Crippen LogP contribution in [0.5, 0.6) is 5.88 Å². The molecule has 0 amide bonds. The molecule has 8 heteroatoms. The van der Waals surface area contributed by atoms with E-state index >= 15 is 0 Å². The van der Waals surface area contributed by atoms with Gasteiger partial charge in [0.2, 0.25) is 11.2 Å². The molecule has 0 aliphatic rings. The molecule has 104 valence electrons. The van der Waals surface area contributed by atoms with Crippen LogP contribution < -0.4 is 4.74 Å². The van der Waals surface area contributed by atoms with E-state index in [1.807, 2.05) is 0 Å². The minimum atomic E-state index is 0.128. The fourth-order valence-corrected chi connectivity index (χ4v) is 1.63. The van der Waals surface area contributed by atoms with Crippen molar-refractivity contribution in [1.82, 2.24) is 20.2 Å². The number of nitrogens with zero attached hydrogens (tertiary/aromatic N) is 3. The zero-order chi connectivity index (χ0) is 13.5. The van der Waals surface area contributed by atoms with Gasteiger partial charge < -0.3 is 14.2 Å². The second-order valence-corrected chi connectivity index (χ2v) is 4.08. The van der Waals surface area contributed by atoms with Gasteiger partial charge in [-0.2, -0.15) is 15.1 Å². The third-order valence-corrected chi connectivity index (χ3v) is 2.52. The van der Waals surface area contributed by atoms with Gasteiger partial charge in [0.05, 0.1) is 26.0 Å². The normalized spacial score (nSPS) is 11.1. The highest BCUT2D eigenvalue weighted by molar-refractivity contribution is 6.28. The summed E-state index contributed by atoms with van der Waals surface area (Å²) in [6, 6.07) is 0. The summed E-state index contributed by atoms with van der Waals surface area (Å²) < 4.78 is 15.8. The Kier molecular flexibility index (Phi) is 5.31. The first-order valence-electron chi connectivity index (χ1n) is 5.87. The molecule has 0 aliphatic heterocycles. The summed E-state index contributed by atoms with van der Waals surface area (Å²) in [6.45, 7) is 2.27. The highest BCUT2D eigenvalue weighted by Gasteiger charge is 2.09. The Morgan fingerprint density at radius 3 is 2.95 bits per heavy atom. The molecular formula is C11H15ClN4O3. The molecule has 7 nitrogen and oxygen atoms in total. The number of H-pyrrole nitrogens is 1. The number of rotatable bonds is 8. The Hall–Kier alpha value is -1.44. The van der Waals surface area contributed by atoms with E-state index in [1.54, 1.807) is 13.3 Å². The molecule has 0 fully saturated rings. The lowest BCUT2D eigenvalue weighted by atomic mass is 10.4. The van der Waals surface area contributed by atoms with Crippen LogP contribution in [-0.2, 0) is 9.47 Å². The first kappa shape index (κ1) is 14.0. The van der Waals surface area contributed by atoms with Crippen LogP contribution >= 0.6 is 11.6 Å². The van der Waals surface area contributed by atoms with Gasteiger partial charge in [0.15, 0.2) is 5.65 Å². The second kappa shape index (κ2) is 7.22. The van der Waals surface area contributed by atoms with Crippen molar-refractivity contribution in [3.63, 3.8) is 0 Å². The quantitative estimate of drug-likeness (QED) is 0.584. The smallest absolute Gasteiger partial charge is 0.229 e. The second-order valence-electron chi connectivity index (χ2n) is 3.74. The number of hydrogen-bond acceptors (Lipinski definition) is 6. The third-order valence-electron chi connectivity index (χ3n) is 2.35. The lowest BCUT2D eigenvalue weighted by Crippen LogP contribution is -2.07. The SMILES string of the molecule is COCCOCCCOc1nc(Cl)nc2[nH]ncc12. The number of methoxy groups -OCH3 is 1. The minimum Gasteiger partial charge on any atom is -0.477 e. The number of halogens is 1. The van der Waals surface area contributed by atoms with E-state index in [0.717, 1.165) is 6.42 Å². The molecule has 0 unspecified atom stereocenters. The first-order valence-corrected chi connectivity index (χ1v) is 6.25. The van der Waals surface area contributed by atoms with Gasteiger partial charge >= 0.3 is 0 Å². The number of hydrogen-bond donors (Lipinski definition) is 1. The van der Waals surface area contributed by atoms with Gasteiger partial charge in [-0.1, -0.05) is 0 Å². The average Bonchev–Trinajstić information content (AvgIpc) is 2.85. The van der Waals surface area contributed by atoms with E-state index in [1.165, 1.54) is 0 Å². The highest BCUT2D eigenvalue weighted by atomic mass is 35.5. The molecule has 0 spiro atoms. The highest BCUT2D eigenvalue weighted by Crippen LogP contribution is 2.21. The molecule has 2 aromatic heterocycles. The molecule has 0 saturated heterocycles. The van der Waals surface area contributed by atoms with Crippen LogP contribution in [-0.4, -0.2) is 53.7 Å². The molecule has 0 aliphatic carbocycles. The van der Waals surface area contributed by atoms with Crippen molar-refractivity contribution < 1.29 is 14.2 Å². The van der Waals surface area contributed by atoms with Crippen LogP contribution in [0.3, 0.4) is 0 Å². The number of aromatic nitrogens is 4. The molecule has 2 aromatic rings. The largest absolute Gasteiger partial charge is 0.477 e. The van der Waals surface area contributed by atoms with E-state index < -0.39 is 0 Å². The standard InChI is InChI=1S/C11H15ClN4O3/c1-17-5-6-18-3-2-4-19-10-8-7-13-16-9(8)14-11(12)15-10/h7H,2-6H2,1H3,(H,13,14,15,16). The summed E-state index contributed by atoms with van der Waals surface area (Å²) in [5, 5.41) is 7.44. The molecular weight excluding hydrogens is 272 g/mol. The Labute approximate surface area is 115 Å². The minimum absolute atomic E-state index is 0.128. The van der Waals surface area contributed by atoms with Gasteiger partial charge in [-0.3, -0.25) is 5.10 Å². The van der Waals surface area contributed by atoms with Gasteiger partial charge in [0.25, 0.3) is 0 Å². The van der Waals surface area contributed by atoms with E-state index in [9.17, 15) is 0 Å². The van der Waals surface area contributed by atoms with E-state index in [-0.39, 0.29) is 5.28 Å². The molecule has 0 saturated carbocycles. The lowest BCUT2D eigenvalue weighted by molar-refractivity contribution is 0.0643. The fraction of sp³-hybridized carbons (Fsp3) is 0.545. The summed E-state index contributed by atoms with van der Waals surface area (Å²) >= 11 is 5.79. The van der Waals surface area contributed by atoms with Gasteiger partial charge in [0, 0.05) is 20.1 Å². The van der Waals surface area contributed by atoms with Crippen molar-refractivity contribution in [2.75, 3.05) is 33.5 Å². The van der Waals surface area contributed by atoms with Crippen molar-refractivity contribution in [3.8, 4) is 5.88 Å². The Balaban J connectivity index is 1.79. The summed E-state index contributed by atoms with van der Waals surface area (Å²) in [5.41, 5.74) is 0.561. The fourth-order valence-electron chi connectivity index (χ4n) is 1.47. The van der Waals surface area contributed by atoms with Crippen molar-refractivity contribution in [3.05, 3.63) is 11.5 Å². The van der Waals surface area contributed by atoms with Crippen molar-refractivity contribution >= 4 is 22.6 Å². The van der Waals surface area contributed by atoms with Crippen molar-refractivity contribution in [2.45, 2.75) is 6.42 Å². The maximum atomic E-state index is 5.79. The third kappa shape index (κ3) is 4.02.